The van der Waals surface area contributed by atoms with Crippen molar-refractivity contribution in [3.63, 3.8) is 0 Å². The van der Waals surface area contributed by atoms with Crippen molar-refractivity contribution in [3.8, 4) is 0 Å². The molecule has 0 aromatic rings. The Balaban J connectivity index is -0.0000000457. The first-order valence-electron chi connectivity index (χ1n) is 2.57. The average molecular weight is 196 g/mol. The van der Waals surface area contributed by atoms with Crippen molar-refractivity contribution in [1.29, 1.82) is 0 Å². The minimum Gasteiger partial charge on any atom is -1.00 e. The van der Waals surface area contributed by atoms with Gasteiger partial charge in [-0.3, -0.25) is 0 Å². The van der Waals surface area contributed by atoms with Crippen LogP contribution in [0.15, 0.2) is 0 Å². The molecule has 0 bridgehead atoms. The Hall–Kier alpha value is 1.07. The summed E-state index contributed by atoms with van der Waals surface area (Å²) in [6.45, 7) is 0. The number of quaternary nitrogens is 1. The molecule has 0 radical (unpaired) electrons. The van der Waals surface area contributed by atoms with Gasteiger partial charge in [-0.15, -0.1) is 0 Å². The standard InChI is InChI=1S/C4H12N.Na.H3O4P.H/c1-5(2,3)4;;1-5(2,3)4;/h1-4H3;;(H3,1,2,3,4);/q2*+1;;-1. The molecule has 0 unspecified atom stereocenters. The van der Waals surface area contributed by atoms with Crippen LogP contribution in [-0.4, -0.2) is 47.4 Å². The smallest absolute Gasteiger partial charge is 1.00 e. The molecule has 0 fully saturated rings. The van der Waals surface area contributed by atoms with Crippen molar-refractivity contribution in [2.75, 3.05) is 28.2 Å². The third kappa shape index (κ3) is 795. The largest absolute Gasteiger partial charge is 1.00 e. The van der Waals surface area contributed by atoms with E-state index in [0.29, 0.717) is 0 Å². The Morgan fingerprint density at radius 1 is 1.09 bits per heavy atom. The summed E-state index contributed by atoms with van der Waals surface area (Å²) in [7, 11) is 3.86. The van der Waals surface area contributed by atoms with E-state index in [9.17, 15) is 0 Å². The van der Waals surface area contributed by atoms with Crippen LogP contribution in [0.5, 0.6) is 0 Å². The Morgan fingerprint density at radius 3 is 1.09 bits per heavy atom. The van der Waals surface area contributed by atoms with E-state index in [4.69, 9.17) is 19.2 Å². The molecule has 66 valence electrons. The van der Waals surface area contributed by atoms with Gasteiger partial charge in [0.25, 0.3) is 0 Å². The molecule has 7 heteroatoms. The van der Waals surface area contributed by atoms with Gasteiger partial charge in [-0.1, -0.05) is 0 Å². The van der Waals surface area contributed by atoms with Crippen molar-refractivity contribution in [1.82, 2.24) is 0 Å². The Kier molecular flexibility index (Phi) is 10.7. The summed E-state index contributed by atoms with van der Waals surface area (Å²) in [6, 6.07) is 0. The predicted octanol–water partition coefficient (Wildman–Crippen LogP) is -3.49. The second-order valence-corrected chi connectivity index (χ2v) is 4.22. The van der Waals surface area contributed by atoms with Gasteiger partial charge in [0.15, 0.2) is 0 Å². The first kappa shape index (κ1) is 18.0. The fourth-order valence-corrected chi connectivity index (χ4v) is 0. The first-order chi connectivity index (χ1) is 4.00. The molecular formula is C4H16NNaO4P+. The van der Waals surface area contributed by atoms with Crippen molar-refractivity contribution in [2.45, 2.75) is 0 Å². The number of rotatable bonds is 0. The third-order valence-corrected chi connectivity index (χ3v) is 0. The van der Waals surface area contributed by atoms with Crippen LogP contribution >= 0.6 is 7.82 Å². The van der Waals surface area contributed by atoms with E-state index in [2.05, 4.69) is 28.2 Å². The minimum atomic E-state index is -4.64. The maximum atomic E-state index is 8.88. The van der Waals surface area contributed by atoms with Gasteiger partial charge in [-0.25, -0.2) is 4.57 Å². The molecule has 0 atom stereocenters. The Morgan fingerprint density at radius 2 is 1.09 bits per heavy atom. The number of hydrogen-bond acceptors (Lipinski definition) is 1. The Labute approximate surface area is 90.6 Å². The monoisotopic (exact) mass is 196 g/mol. The number of phosphoric acid groups is 1. The number of hydrogen-bond donors (Lipinski definition) is 3. The van der Waals surface area contributed by atoms with Crippen LogP contribution < -0.4 is 29.6 Å². The van der Waals surface area contributed by atoms with E-state index < -0.39 is 7.82 Å². The summed E-state index contributed by atoms with van der Waals surface area (Å²) in [4.78, 5) is 21.6. The van der Waals surface area contributed by atoms with E-state index in [1.807, 2.05) is 0 Å². The molecule has 0 amide bonds. The maximum absolute atomic E-state index is 8.88. The van der Waals surface area contributed by atoms with E-state index >= 15 is 0 Å². The zero-order valence-corrected chi connectivity index (χ0v) is 10.5. The maximum Gasteiger partial charge on any atom is 1.00 e. The summed E-state index contributed by atoms with van der Waals surface area (Å²) in [5.74, 6) is 0. The van der Waals surface area contributed by atoms with E-state index in [1.165, 1.54) is 0 Å². The summed E-state index contributed by atoms with van der Waals surface area (Å²) >= 11 is 0. The van der Waals surface area contributed by atoms with Crippen LogP contribution in [0.2, 0.25) is 0 Å². The van der Waals surface area contributed by atoms with Gasteiger partial charge in [0.05, 0.1) is 28.2 Å². The average Bonchev–Trinajstić information content (AvgIpc) is 1.12. The molecule has 0 aliphatic carbocycles. The number of nitrogens with zero attached hydrogens (tertiary/aromatic N) is 1. The van der Waals surface area contributed by atoms with Crippen molar-refractivity contribution in [2.24, 2.45) is 0 Å². The predicted molar refractivity (Wildman–Crippen MR) is 39.3 cm³/mol. The molecule has 0 spiro atoms. The van der Waals surface area contributed by atoms with Crippen LogP contribution in [0.25, 0.3) is 0 Å². The van der Waals surface area contributed by atoms with E-state index in [1.54, 1.807) is 0 Å². The van der Waals surface area contributed by atoms with Crippen molar-refractivity contribution in [3.05, 3.63) is 0 Å². The van der Waals surface area contributed by atoms with Gasteiger partial charge in [-0.05, 0) is 0 Å². The van der Waals surface area contributed by atoms with E-state index in [-0.39, 0.29) is 31.0 Å². The second-order valence-electron chi connectivity index (χ2n) is 3.20. The molecule has 0 heterocycles. The van der Waals surface area contributed by atoms with Crippen LogP contribution in [0.4, 0.5) is 0 Å². The van der Waals surface area contributed by atoms with Crippen LogP contribution in [0.1, 0.15) is 1.43 Å². The molecule has 11 heavy (non-hydrogen) atoms. The van der Waals surface area contributed by atoms with Crippen LogP contribution in [-0.2, 0) is 4.57 Å². The summed E-state index contributed by atoms with van der Waals surface area (Å²) in [6.07, 6.45) is 0. The molecule has 0 saturated carbocycles. The van der Waals surface area contributed by atoms with Crippen molar-refractivity contribution < 1.29 is 54.7 Å². The van der Waals surface area contributed by atoms with Gasteiger partial charge in [0.1, 0.15) is 0 Å². The fraction of sp³-hybridized carbons (Fsp3) is 1.00. The molecule has 0 rings (SSSR count). The third-order valence-electron chi connectivity index (χ3n) is 0. The van der Waals surface area contributed by atoms with E-state index in [0.717, 1.165) is 4.48 Å². The molecule has 0 aliphatic rings. The first-order valence-corrected chi connectivity index (χ1v) is 4.14. The molecule has 0 saturated heterocycles. The Bertz CT molecular complexity index is 119. The molecule has 5 nitrogen and oxygen atoms in total. The van der Waals surface area contributed by atoms with Gasteiger partial charge in [0, 0.05) is 0 Å². The summed E-state index contributed by atoms with van der Waals surface area (Å²) in [5.41, 5.74) is 0. The molecule has 3 N–H and O–H groups in total. The minimum absolute atomic E-state index is 0. The van der Waals surface area contributed by atoms with Gasteiger partial charge >= 0.3 is 37.4 Å². The molecule has 0 aliphatic heterocycles. The molecule has 0 aromatic heterocycles. The summed E-state index contributed by atoms with van der Waals surface area (Å²) in [5, 5.41) is 0. The quantitative estimate of drug-likeness (QED) is 0.213. The van der Waals surface area contributed by atoms with Gasteiger partial charge < -0.3 is 20.6 Å². The zero-order chi connectivity index (χ0) is 9.00. The zero-order valence-electron chi connectivity index (χ0n) is 8.64. The molecular weight excluding hydrogens is 180 g/mol. The topological polar surface area (TPSA) is 77.8 Å². The van der Waals surface area contributed by atoms with Gasteiger partial charge in [0.2, 0.25) is 0 Å². The molecule has 0 aromatic carbocycles. The van der Waals surface area contributed by atoms with Gasteiger partial charge in [-0.2, -0.15) is 0 Å². The van der Waals surface area contributed by atoms with Crippen LogP contribution in [0, 0.1) is 0 Å². The van der Waals surface area contributed by atoms with Crippen LogP contribution in [0.3, 0.4) is 0 Å². The van der Waals surface area contributed by atoms with Crippen molar-refractivity contribution >= 4 is 7.82 Å². The SMILES string of the molecule is C[N+](C)(C)C.O=P(O)(O)O.[H-].[Na+]. The second kappa shape index (κ2) is 6.57. The normalized spacial score (nSPS) is 10.8. The summed E-state index contributed by atoms with van der Waals surface area (Å²) < 4.78 is 9.88. The fourth-order valence-electron chi connectivity index (χ4n) is 0.